The summed E-state index contributed by atoms with van der Waals surface area (Å²) in [4.78, 5) is 23.2. The highest BCUT2D eigenvalue weighted by Crippen LogP contribution is 2.23. The van der Waals surface area contributed by atoms with E-state index in [9.17, 15) is 4.79 Å². The second-order valence-electron chi connectivity index (χ2n) is 6.61. The fourth-order valence-electron chi connectivity index (χ4n) is 3.25. The topological polar surface area (TPSA) is 113 Å². The van der Waals surface area contributed by atoms with Crippen molar-refractivity contribution in [2.24, 2.45) is 0 Å². The van der Waals surface area contributed by atoms with Gasteiger partial charge in [0.05, 0.1) is 5.69 Å². The van der Waals surface area contributed by atoms with Gasteiger partial charge in [0.1, 0.15) is 17.8 Å². The van der Waals surface area contributed by atoms with Crippen molar-refractivity contribution in [1.29, 1.82) is 0 Å². The van der Waals surface area contributed by atoms with Gasteiger partial charge < -0.3 is 10.2 Å². The van der Waals surface area contributed by atoms with E-state index in [0.29, 0.717) is 17.3 Å². The van der Waals surface area contributed by atoms with Crippen LogP contribution in [0.1, 0.15) is 6.42 Å². The molecule has 5 heterocycles. The van der Waals surface area contributed by atoms with Crippen molar-refractivity contribution in [2.75, 3.05) is 23.3 Å². The molecule has 0 aromatic carbocycles. The lowest BCUT2D eigenvalue weighted by atomic mass is 10.3. The average Bonchev–Trinajstić information content (AvgIpc) is 3.49. The minimum Gasteiger partial charge on any atom is -0.353 e. The van der Waals surface area contributed by atoms with Gasteiger partial charge in [-0.3, -0.25) is 10.3 Å². The summed E-state index contributed by atoms with van der Waals surface area (Å²) in [5, 5.41) is 20.5. The number of urea groups is 1. The SMILES string of the molecule is O=C(Nc1nc(-c2ccccn2)cs1)N[C@@H]1CCN(c2ccc3nncn3n2)C1. The quantitative estimate of drug-likeness (QED) is 0.532. The van der Waals surface area contributed by atoms with Gasteiger partial charge in [0.2, 0.25) is 0 Å². The maximum Gasteiger partial charge on any atom is 0.321 e. The number of amides is 2. The van der Waals surface area contributed by atoms with E-state index in [1.54, 1.807) is 17.0 Å². The standard InChI is InChI=1S/C18H17N9OS/c28-17(23-18-22-14(10-29-18)13-3-1-2-7-19-13)21-12-6-8-26(9-12)16-5-4-15-24-20-11-27(15)25-16/h1-5,7,10-12H,6,8-9H2,(H2,21,22,23,28)/t12-/m1/s1. The lowest BCUT2D eigenvalue weighted by Crippen LogP contribution is -2.39. The number of aromatic nitrogens is 6. The first-order valence-corrected chi connectivity index (χ1v) is 9.99. The van der Waals surface area contributed by atoms with Gasteiger partial charge in [-0.25, -0.2) is 9.78 Å². The summed E-state index contributed by atoms with van der Waals surface area (Å²) in [5.41, 5.74) is 2.23. The fourth-order valence-corrected chi connectivity index (χ4v) is 3.95. The molecule has 1 fully saturated rings. The molecule has 10 nitrogen and oxygen atoms in total. The molecule has 4 aromatic rings. The van der Waals surface area contributed by atoms with E-state index >= 15 is 0 Å². The molecule has 0 saturated carbocycles. The van der Waals surface area contributed by atoms with Crippen LogP contribution in [0.3, 0.4) is 0 Å². The van der Waals surface area contributed by atoms with Crippen molar-refractivity contribution in [2.45, 2.75) is 12.5 Å². The molecule has 0 spiro atoms. The molecule has 1 atom stereocenters. The van der Waals surface area contributed by atoms with Gasteiger partial charge in [-0.15, -0.1) is 26.6 Å². The van der Waals surface area contributed by atoms with Crippen LogP contribution in [-0.2, 0) is 0 Å². The van der Waals surface area contributed by atoms with Crippen LogP contribution in [0.5, 0.6) is 0 Å². The predicted octanol–water partition coefficient (Wildman–Crippen LogP) is 2.04. The summed E-state index contributed by atoms with van der Waals surface area (Å²) < 4.78 is 1.64. The number of nitrogens with zero attached hydrogens (tertiary/aromatic N) is 7. The molecule has 0 aliphatic carbocycles. The summed E-state index contributed by atoms with van der Waals surface area (Å²) in [6.07, 6.45) is 4.13. The molecule has 0 bridgehead atoms. The third kappa shape index (κ3) is 3.72. The predicted molar refractivity (Wildman–Crippen MR) is 109 cm³/mol. The van der Waals surface area contributed by atoms with Gasteiger partial charge in [-0.05, 0) is 30.7 Å². The minimum absolute atomic E-state index is 0.0311. The van der Waals surface area contributed by atoms with E-state index in [2.05, 4.69) is 40.8 Å². The Morgan fingerprint density at radius 1 is 1.21 bits per heavy atom. The van der Waals surface area contributed by atoms with E-state index in [0.717, 1.165) is 30.2 Å². The first-order chi connectivity index (χ1) is 14.2. The number of thiazole rings is 1. The van der Waals surface area contributed by atoms with E-state index < -0.39 is 0 Å². The van der Waals surface area contributed by atoms with E-state index in [1.807, 2.05) is 35.7 Å². The molecule has 0 radical (unpaired) electrons. The zero-order valence-corrected chi connectivity index (χ0v) is 16.1. The zero-order chi connectivity index (χ0) is 19.6. The van der Waals surface area contributed by atoms with Crippen molar-refractivity contribution < 1.29 is 4.79 Å². The number of carbonyl (C=O) groups is 1. The number of carbonyl (C=O) groups excluding carboxylic acids is 1. The number of hydrogen-bond donors (Lipinski definition) is 2. The molecule has 29 heavy (non-hydrogen) atoms. The minimum atomic E-state index is -0.263. The second-order valence-corrected chi connectivity index (χ2v) is 7.47. The molecule has 146 valence electrons. The number of anilines is 2. The largest absolute Gasteiger partial charge is 0.353 e. The van der Waals surface area contributed by atoms with Crippen LogP contribution in [0.2, 0.25) is 0 Å². The Morgan fingerprint density at radius 3 is 3.07 bits per heavy atom. The molecule has 2 N–H and O–H groups in total. The summed E-state index contributed by atoms with van der Waals surface area (Å²) in [5.74, 6) is 0.835. The molecular weight excluding hydrogens is 390 g/mol. The van der Waals surface area contributed by atoms with E-state index in [1.165, 1.54) is 11.3 Å². The second kappa shape index (κ2) is 7.43. The van der Waals surface area contributed by atoms with Gasteiger partial charge >= 0.3 is 6.03 Å². The van der Waals surface area contributed by atoms with Crippen molar-refractivity contribution >= 4 is 34.0 Å². The fraction of sp³-hybridized carbons (Fsp3) is 0.222. The lowest BCUT2D eigenvalue weighted by Gasteiger charge is -2.17. The first-order valence-electron chi connectivity index (χ1n) is 9.11. The van der Waals surface area contributed by atoms with Crippen molar-refractivity contribution in [3.8, 4) is 11.4 Å². The molecule has 4 aromatic heterocycles. The smallest absolute Gasteiger partial charge is 0.321 e. The molecule has 11 heteroatoms. The Morgan fingerprint density at radius 2 is 2.17 bits per heavy atom. The van der Waals surface area contributed by atoms with E-state index in [4.69, 9.17) is 0 Å². The normalized spacial score (nSPS) is 16.3. The Kier molecular flexibility index (Phi) is 4.48. The molecule has 1 aliphatic rings. The van der Waals surface area contributed by atoms with Crippen molar-refractivity contribution in [1.82, 2.24) is 35.1 Å². The Bertz CT molecular complexity index is 1140. The maximum absolute atomic E-state index is 12.4. The van der Waals surface area contributed by atoms with Crippen LogP contribution in [0, 0.1) is 0 Å². The van der Waals surface area contributed by atoms with Gasteiger partial charge in [-0.1, -0.05) is 6.07 Å². The van der Waals surface area contributed by atoms with Crippen LogP contribution >= 0.6 is 11.3 Å². The lowest BCUT2D eigenvalue weighted by molar-refractivity contribution is 0.249. The summed E-state index contributed by atoms with van der Waals surface area (Å²) in [6, 6.07) is 9.21. The first kappa shape index (κ1) is 17.5. The molecule has 1 aliphatic heterocycles. The number of fused-ring (bicyclic) bond motifs is 1. The molecule has 1 saturated heterocycles. The Hall–Kier alpha value is -3.60. The Balaban J connectivity index is 1.18. The van der Waals surface area contributed by atoms with Crippen LogP contribution in [0.4, 0.5) is 15.7 Å². The third-order valence-electron chi connectivity index (χ3n) is 4.65. The highest BCUT2D eigenvalue weighted by molar-refractivity contribution is 7.14. The third-order valence-corrected chi connectivity index (χ3v) is 5.40. The highest BCUT2D eigenvalue weighted by atomic mass is 32.1. The average molecular weight is 407 g/mol. The number of nitrogens with one attached hydrogen (secondary N) is 2. The van der Waals surface area contributed by atoms with Gasteiger partial charge in [-0.2, -0.15) is 4.52 Å². The van der Waals surface area contributed by atoms with Crippen LogP contribution in [-0.4, -0.2) is 54.9 Å². The summed E-state index contributed by atoms with van der Waals surface area (Å²) >= 11 is 1.37. The number of rotatable bonds is 4. The molecule has 2 amide bonds. The molecule has 5 rings (SSSR count). The molecule has 0 unspecified atom stereocenters. The summed E-state index contributed by atoms with van der Waals surface area (Å²) in [7, 11) is 0. The monoisotopic (exact) mass is 407 g/mol. The molecular formula is C18H17N9OS. The Labute approximate surface area is 169 Å². The zero-order valence-electron chi connectivity index (χ0n) is 15.3. The van der Waals surface area contributed by atoms with E-state index in [-0.39, 0.29) is 12.1 Å². The van der Waals surface area contributed by atoms with Crippen LogP contribution in [0.15, 0.2) is 48.2 Å². The van der Waals surface area contributed by atoms with Crippen molar-refractivity contribution in [3.63, 3.8) is 0 Å². The maximum atomic E-state index is 12.4. The van der Waals surface area contributed by atoms with Gasteiger partial charge in [0.15, 0.2) is 10.8 Å². The van der Waals surface area contributed by atoms with Gasteiger partial charge in [0.25, 0.3) is 0 Å². The number of hydrogen-bond acceptors (Lipinski definition) is 8. The highest BCUT2D eigenvalue weighted by Gasteiger charge is 2.25. The van der Waals surface area contributed by atoms with Crippen molar-refractivity contribution in [3.05, 3.63) is 48.2 Å². The summed E-state index contributed by atoms with van der Waals surface area (Å²) in [6.45, 7) is 1.50. The number of pyridine rings is 1. The van der Waals surface area contributed by atoms with Gasteiger partial charge in [0, 0.05) is 30.7 Å². The van der Waals surface area contributed by atoms with Crippen LogP contribution < -0.4 is 15.5 Å². The van der Waals surface area contributed by atoms with Crippen LogP contribution in [0.25, 0.3) is 17.0 Å².